The number of hydrogen-bond donors (Lipinski definition) is 2. The van der Waals surface area contributed by atoms with Crippen molar-refractivity contribution in [3.05, 3.63) is 33.4 Å². The van der Waals surface area contributed by atoms with Crippen molar-refractivity contribution in [1.29, 1.82) is 0 Å². The van der Waals surface area contributed by atoms with Crippen molar-refractivity contribution in [3.63, 3.8) is 0 Å². The molecule has 3 N–H and O–H groups in total. The van der Waals surface area contributed by atoms with Gasteiger partial charge >= 0.3 is 0 Å². The summed E-state index contributed by atoms with van der Waals surface area (Å²) in [5.41, 5.74) is 6.81. The Morgan fingerprint density at radius 2 is 1.62 bits per heavy atom. The van der Waals surface area contributed by atoms with Gasteiger partial charge in [0, 0.05) is 3.57 Å². The Bertz CT molecular complexity index is 321. The third-order valence-electron chi connectivity index (χ3n) is 2.48. The van der Waals surface area contributed by atoms with Crippen LogP contribution in [0.25, 0.3) is 0 Å². The van der Waals surface area contributed by atoms with Crippen LogP contribution in [0, 0.1) is 8.99 Å². The summed E-state index contributed by atoms with van der Waals surface area (Å²) in [6.07, 6.45) is -0.530. The molecule has 0 radical (unpaired) electrons. The molecule has 4 heteroatoms. The van der Waals surface area contributed by atoms with Gasteiger partial charge in [0.25, 0.3) is 0 Å². The molecule has 1 aromatic rings. The van der Waals surface area contributed by atoms with E-state index in [1.165, 1.54) is 3.57 Å². The van der Waals surface area contributed by atoms with E-state index in [2.05, 4.69) is 22.6 Å². The molecule has 16 heavy (non-hydrogen) atoms. The molecule has 0 aliphatic heterocycles. The van der Waals surface area contributed by atoms with E-state index >= 15 is 0 Å². The molecule has 0 bridgehead atoms. The first kappa shape index (κ1) is 16.2. The molecule has 0 unspecified atom stereocenters. The van der Waals surface area contributed by atoms with Crippen LogP contribution >= 0.6 is 35.0 Å². The van der Waals surface area contributed by atoms with Gasteiger partial charge in [0.1, 0.15) is 0 Å². The summed E-state index contributed by atoms with van der Waals surface area (Å²) in [6.45, 7) is 5.97. The van der Waals surface area contributed by atoms with Crippen molar-refractivity contribution < 1.29 is 5.11 Å². The normalized spacial score (nSPS) is 15.1. The van der Waals surface area contributed by atoms with E-state index in [1.807, 2.05) is 45.0 Å². The van der Waals surface area contributed by atoms with Crippen molar-refractivity contribution in [2.24, 2.45) is 11.1 Å². The standard InChI is InChI=1S/C12H18INO.ClH/c1-12(2,3)11(15)10(14)8-4-6-9(13)7-5-8;/h4-7,10-11,15H,14H2,1-3H3;1H/t10-,11-;/m0./s1. The lowest BCUT2D eigenvalue weighted by Crippen LogP contribution is -2.36. The Hall–Kier alpha value is 0.160. The maximum absolute atomic E-state index is 10.1. The zero-order valence-electron chi connectivity index (χ0n) is 9.77. The van der Waals surface area contributed by atoms with Gasteiger partial charge in [-0.2, -0.15) is 0 Å². The van der Waals surface area contributed by atoms with Gasteiger partial charge in [-0.25, -0.2) is 0 Å². The monoisotopic (exact) mass is 355 g/mol. The molecule has 0 saturated carbocycles. The number of hydrogen-bond acceptors (Lipinski definition) is 2. The third-order valence-corrected chi connectivity index (χ3v) is 3.20. The molecule has 0 amide bonds. The fourth-order valence-corrected chi connectivity index (χ4v) is 1.77. The Morgan fingerprint density at radius 1 is 1.19 bits per heavy atom. The second kappa shape index (κ2) is 6.19. The van der Waals surface area contributed by atoms with Crippen LogP contribution in [0.4, 0.5) is 0 Å². The predicted molar refractivity (Wildman–Crippen MR) is 78.8 cm³/mol. The Morgan fingerprint density at radius 3 is 2.00 bits per heavy atom. The van der Waals surface area contributed by atoms with Gasteiger partial charge in [0.05, 0.1) is 12.1 Å². The number of rotatable bonds is 2. The van der Waals surface area contributed by atoms with E-state index in [1.54, 1.807) is 0 Å². The van der Waals surface area contributed by atoms with E-state index in [9.17, 15) is 5.11 Å². The summed E-state index contributed by atoms with van der Waals surface area (Å²) >= 11 is 2.25. The van der Waals surface area contributed by atoms with Crippen LogP contribution < -0.4 is 5.73 Å². The molecule has 0 spiro atoms. The van der Waals surface area contributed by atoms with Gasteiger partial charge in [-0.15, -0.1) is 12.4 Å². The number of benzene rings is 1. The molecule has 2 atom stereocenters. The van der Waals surface area contributed by atoms with Crippen LogP contribution in [0.3, 0.4) is 0 Å². The molecule has 0 heterocycles. The van der Waals surface area contributed by atoms with E-state index in [0.717, 1.165) is 5.56 Å². The van der Waals surface area contributed by atoms with Gasteiger partial charge in [-0.3, -0.25) is 0 Å². The maximum Gasteiger partial charge on any atom is 0.0780 e. The van der Waals surface area contributed by atoms with E-state index in [0.29, 0.717) is 0 Å². The van der Waals surface area contributed by atoms with Crippen LogP contribution in [0.1, 0.15) is 32.4 Å². The summed E-state index contributed by atoms with van der Waals surface area (Å²) in [4.78, 5) is 0. The minimum absolute atomic E-state index is 0. The summed E-state index contributed by atoms with van der Waals surface area (Å²) < 4.78 is 1.17. The Labute approximate surface area is 117 Å². The fraction of sp³-hybridized carbons (Fsp3) is 0.500. The van der Waals surface area contributed by atoms with E-state index < -0.39 is 6.10 Å². The second-order valence-corrected chi connectivity index (χ2v) is 6.13. The predicted octanol–water partition coefficient (Wildman–Crippen LogP) is 3.12. The van der Waals surface area contributed by atoms with Crippen LogP contribution in [0.5, 0.6) is 0 Å². The van der Waals surface area contributed by atoms with Crippen LogP contribution in [-0.4, -0.2) is 11.2 Å². The smallest absolute Gasteiger partial charge is 0.0780 e. The van der Waals surface area contributed by atoms with Crippen LogP contribution in [0.15, 0.2) is 24.3 Å². The molecule has 0 aliphatic carbocycles. The lowest BCUT2D eigenvalue weighted by molar-refractivity contribution is 0.0401. The Kier molecular flexibility index (Phi) is 6.25. The average Bonchev–Trinajstić information content (AvgIpc) is 2.15. The quantitative estimate of drug-likeness (QED) is 0.801. The first-order chi connectivity index (χ1) is 6.82. The molecular formula is C12H19ClINO. The van der Waals surface area contributed by atoms with Gasteiger partial charge in [0.15, 0.2) is 0 Å². The van der Waals surface area contributed by atoms with Crippen molar-refractivity contribution in [2.45, 2.75) is 32.9 Å². The molecule has 0 fully saturated rings. The third kappa shape index (κ3) is 4.20. The SMILES string of the molecule is CC(C)(C)[C@@H](O)[C@@H](N)c1ccc(I)cc1.Cl. The molecule has 0 saturated heterocycles. The van der Waals surface area contributed by atoms with Gasteiger partial charge < -0.3 is 10.8 Å². The number of aliphatic hydroxyl groups excluding tert-OH is 1. The minimum atomic E-state index is -0.530. The summed E-state index contributed by atoms with van der Waals surface area (Å²) in [5.74, 6) is 0. The topological polar surface area (TPSA) is 46.2 Å². The summed E-state index contributed by atoms with van der Waals surface area (Å²) in [6, 6.07) is 7.64. The molecular weight excluding hydrogens is 336 g/mol. The highest BCUT2D eigenvalue weighted by Gasteiger charge is 2.28. The first-order valence-electron chi connectivity index (χ1n) is 5.01. The van der Waals surface area contributed by atoms with Gasteiger partial charge in [0.2, 0.25) is 0 Å². The van der Waals surface area contributed by atoms with Crippen molar-refractivity contribution in [2.75, 3.05) is 0 Å². The number of nitrogens with two attached hydrogens (primary N) is 1. The number of halogens is 2. The zero-order valence-corrected chi connectivity index (χ0v) is 12.7. The molecule has 92 valence electrons. The second-order valence-electron chi connectivity index (χ2n) is 4.89. The lowest BCUT2D eigenvalue weighted by atomic mass is 9.82. The highest BCUT2D eigenvalue weighted by Crippen LogP contribution is 2.28. The molecule has 0 aromatic heterocycles. The fourth-order valence-electron chi connectivity index (χ4n) is 1.41. The van der Waals surface area contributed by atoms with E-state index in [4.69, 9.17) is 5.73 Å². The molecule has 1 rings (SSSR count). The highest BCUT2D eigenvalue weighted by atomic mass is 127. The average molecular weight is 356 g/mol. The zero-order chi connectivity index (χ0) is 11.6. The van der Waals surface area contributed by atoms with Crippen molar-refractivity contribution in [3.8, 4) is 0 Å². The largest absolute Gasteiger partial charge is 0.391 e. The van der Waals surface area contributed by atoms with Crippen LogP contribution in [0.2, 0.25) is 0 Å². The maximum atomic E-state index is 10.1. The Balaban J connectivity index is 0.00000225. The summed E-state index contributed by atoms with van der Waals surface area (Å²) in [5, 5.41) is 10.1. The highest BCUT2D eigenvalue weighted by molar-refractivity contribution is 14.1. The van der Waals surface area contributed by atoms with E-state index in [-0.39, 0.29) is 23.9 Å². The minimum Gasteiger partial charge on any atom is -0.391 e. The first-order valence-corrected chi connectivity index (χ1v) is 6.09. The summed E-state index contributed by atoms with van der Waals surface area (Å²) in [7, 11) is 0. The number of aliphatic hydroxyl groups is 1. The van der Waals surface area contributed by atoms with Gasteiger partial charge in [-0.05, 0) is 45.7 Å². The van der Waals surface area contributed by atoms with Crippen molar-refractivity contribution in [1.82, 2.24) is 0 Å². The molecule has 2 nitrogen and oxygen atoms in total. The molecule has 1 aromatic carbocycles. The van der Waals surface area contributed by atoms with Gasteiger partial charge in [-0.1, -0.05) is 32.9 Å². The molecule has 0 aliphatic rings. The van der Waals surface area contributed by atoms with Crippen LogP contribution in [-0.2, 0) is 0 Å². The van der Waals surface area contributed by atoms with Crippen molar-refractivity contribution >= 4 is 35.0 Å². The lowest BCUT2D eigenvalue weighted by Gasteiger charge is -2.31.